The summed E-state index contributed by atoms with van der Waals surface area (Å²) in [7, 11) is 3.07. The number of hydrogen-bond donors (Lipinski definition) is 1. The van der Waals surface area contributed by atoms with Gasteiger partial charge in [-0.05, 0) is 25.0 Å². The van der Waals surface area contributed by atoms with Gasteiger partial charge < -0.3 is 14.8 Å². The number of rotatable bonds is 6. The third-order valence-electron chi connectivity index (χ3n) is 3.51. The molecule has 1 aromatic rings. The summed E-state index contributed by atoms with van der Waals surface area (Å²) in [5, 5.41) is 2.92. The van der Waals surface area contributed by atoms with Gasteiger partial charge in [0.15, 0.2) is 11.5 Å². The Labute approximate surface area is 118 Å². The van der Waals surface area contributed by atoms with Crippen molar-refractivity contribution in [3.8, 4) is 11.5 Å². The first kappa shape index (κ1) is 14.0. The fourth-order valence-corrected chi connectivity index (χ4v) is 2.33. The Morgan fingerprint density at radius 3 is 2.63 bits per heavy atom. The first-order valence-electron chi connectivity index (χ1n) is 6.21. The molecule has 2 rings (SSSR count). The topological polar surface area (TPSA) is 47.6 Å². The molecule has 0 atom stereocenters. The third-order valence-corrected chi connectivity index (χ3v) is 4.08. The van der Waals surface area contributed by atoms with Gasteiger partial charge in [0.05, 0.1) is 19.8 Å². The van der Waals surface area contributed by atoms with Crippen LogP contribution < -0.4 is 14.8 Å². The van der Waals surface area contributed by atoms with E-state index >= 15 is 0 Å². The quantitative estimate of drug-likeness (QED) is 0.816. The number of ether oxygens (including phenoxy) is 2. The number of para-hydroxylation sites is 1. The first-order valence-corrected chi connectivity index (χ1v) is 6.74. The normalized spacial score (nSPS) is 15.7. The molecule has 0 unspecified atom stereocenters. The van der Waals surface area contributed by atoms with E-state index in [4.69, 9.17) is 21.1 Å². The smallest absolute Gasteiger partial charge is 0.255 e. The van der Waals surface area contributed by atoms with Crippen LogP contribution in [0.15, 0.2) is 18.2 Å². The van der Waals surface area contributed by atoms with Crippen LogP contribution in [-0.4, -0.2) is 32.6 Å². The Morgan fingerprint density at radius 1 is 1.37 bits per heavy atom. The zero-order chi connectivity index (χ0) is 13.9. The van der Waals surface area contributed by atoms with Gasteiger partial charge in [0.25, 0.3) is 5.91 Å². The van der Waals surface area contributed by atoms with Crippen molar-refractivity contribution in [2.24, 2.45) is 5.41 Å². The molecule has 4 nitrogen and oxygen atoms in total. The summed E-state index contributed by atoms with van der Waals surface area (Å²) >= 11 is 5.90. The monoisotopic (exact) mass is 283 g/mol. The Hall–Kier alpha value is -1.42. The number of methoxy groups -OCH3 is 2. The minimum atomic E-state index is -0.160. The number of halogens is 1. The third kappa shape index (κ3) is 2.95. The summed E-state index contributed by atoms with van der Waals surface area (Å²) in [6.45, 7) is 0.607. The van der Waals surface area contributed by atoms with Crippen molar-refractivity contribution in [1.29, 1.82) is 0 Å². The van der Waals surface area contributed by atoms with Crippen LogP contribution in [-0.2, 0) is 0 Å². The van der Waals surface area contributed by atoms with E-state index in [9.17, 15) is 4.79 Å². The van der Waals surface area contributed by atoms with Crippen LogP contribution in [0.3, 0.4) is 0 Å². The van der Waals surface area contributed by atoms with Gasteiger partial charge in [-0.25, -0.2) is 0 Å². The van der Waals surface area contributed by atoms with Gasteiger partial charge in [-0.1, -0.05) is 6.07 Å². The van der Waals surface area contributed by atoms with Crippen molar-refractivity contribution in [2.45, 2.75) is 12.8 Å². The molecule has 0 saturated heterocycles. The van der Waals surface area contributed by atoms with Crippen LogP contribution in [0.1, 0.15) is 23.2 Å². The van der Waals surface area contributed by atoms with Crippen LogP contribution in [0.5, 0.6) is 11.5 Å². The van der Waals surface area contributed by atoms with Crippen LogP contribution in [0, 0.1) is 5.41 Å². The maximum Gasteiger partial charge on any atom is 0.255 e. The molecule has 0 spiro atoms. The molecule has 1 saturated carbocycles. The van der Waals surface area contributed by atoms with Gasteiger partial charge in [-0.2, -0.15) is 0 Å². The van der Waals surface area contributed by atoms with E-state index in [2.05, 4.69) is 5.32 Å². The second kappa shape index (κ2) is 5.70. The summed E-state index contributed by atoms with van der Waals surface area (Å²) < 4.78 is 10.4. The molecule has 0 aliphatic heterocycles. The molecular formula is C14H18ClNO3. The highest BCUT2D eigenvalue weighted by molar-refractivity contribution is 6.18. The Balaban J connectivity index is 2.10. The van der Waals surface area contributed by atoms with Gasteiger partial charge in [0.2, 0.25) is 0 Å². The van der Waals surface area contributed by atoms with Crippen molar-refractivity contribution in [2.75, 3.05) is 26.6 Å². The Kier molecular flexibility index (Phi) is 4.20. The maximum atomic E-state index is 12.2. The fourth-order valence-electron chi connectivity index (χ4n) is 1.96. The van der Waals surface area contributed by atoms with E-state index < -0.39 is 0 Å². The van der Waals surface area contributed by atoms with E-state index in [-0.39, 0.29) is 11.3 Å². The lowest BCUT2D eigenvalue weighted by Gasteiger charge is -2.15. The lowest BCUT2D eigenvalue weighted by atomic mass is 10.1. The first-order chi connectivity index (χ1) is 9.15. The Morgan fingerprint density at radius 2 is 2.11 bits per heavy atom. The van der Waals surface area contributed by atoms with Crippen LogP contribution in [0.4, 0.5) is 0 Å². The number of hydrogen-bond acceptors (Lipinski definition) is 3. The number of nitrogens with one attached hydrogen (secondary N) is 1. The second-order valence-electron chi connectivity index (χ2n) is 4.86. The van der Waals surface area contributed by atoms with Gasteiger partial charge >= 0.3 is 0 Å². The zero-order valence-corrected chi connectivity index (χ0v) is 11.9. The molecule has 0 aromatic heterocycles. The molecule has 5 heteroatoms. The zero-order valence-electron chi connectivity index (χ0n) is 11.2. The molecule has 1 N–H and O–H groups in total. The van der Waals surface area contributed by atoms with Crippen LogP contribution in [0.25, 0.3) is 0 Å². The standard InChI is InChI=1S/C14H18ClNO3/c1-18-11-5-3-4-10(12(11)19-2)13(17)16-9-14(8-15)6-7-14/h3-5H,6-9H2,1-2H3,(H,16,17). The highest BCUT2D eigenvalue weighted by Crippen LogP contribution is 2.46. The average Bonchev–Trinajstić information content (AvgIpc) is 3.24. The van der Waals surface area contributed by atoms with Gasteiger partial charge in [-0.15, -0.1) is 11.6 Å². The molecule has 19 heavy (non-hydrogen) atoms. The van der Waals surface area contributed by atoms with Gasteiger partial charge in [-0.3, -0.25) is 4.79 Å². The second-order valence-corrected chi connectivity index (χ2v) is 5.12. The highest BCUT2D eigenvalue weighted by atomic mass is 35.5. The lowest BCUT2D eigenvalue weighted by Crippen LogP contribution is -2.31. The molecule has 0 radical (unpaired) electrons. The number of benzene rings is 1. The van der Waals surface area contributed by atoms with Crippen LogP contribution >= 0.6 is 11.6 Å². The molecule has 0 heterocycles. The largest absolute Gasteiger partial charge is 0.493 e. The number of amides is 1. The van der Waals surface area contributed by atoms with E-state index in [1.165, 1.54) is 7.11 Å². The van der Waals surface area contributed by atoms with Crippen molar-refractivity contribution in [3.63, 3.8) is 0 Å². The molecule has 1 aromatic carbocycles. The van der Waals surface area contributed by atoms with E-state index in [1.807, 2.05) is 0 Å². The SMILES string of the molecule is COc1cccc(C(=O)NCC2(CCl)CC2)c1OC. The summed E-state index contributed by atoms with van der Waals surface area (Å²) in [6.07, 6.45) is 2.15. The maximum absolute atomic E-state index is 12.2. The molecule has 1 fully saturated rings. The van der Waals surface area contributed by atoms with E-state index in [0.717, 1.165) is 12.8 Å². The predicted molar refractivity (Wildman–Crippen MR) is 74.3 cm³/mol. The lowest BCUT2D eigenvalue weighted by molar-refractivity contribution is 0.0942. The van der Waals surface area contributed by atoms with Crippen molar-refractivity contribution < 1.29 is 14.3 Å². The van der Waals surface area contributed by atoms with Gasteiger partial charge in [0, 0.05) is 17.8 Å². The minimum absolute atomic E-state index is 0.101. The van der Waals surface area contributed by atoms with Crippen molar-refractivity contribution >= 4 is 17.5 Å². The van der Waals surface area contributed by atoms with Crippen LogP contribution in [0.2, 0.25) is 0 Å². The highest BCUT2D eigenvalue weighted by Gasteiger charge is 2.41. The number of carbonyl (C=O) groups excluding carboxylic acids is 1. The molecule has 1 aliphatic rings. The average molecular weight is 284 g/mol. The molecule has 1 aliphatic carbocycles. The van der Waals surface area contributed by atoms with Gasteiger partial charge in [0.1, 0.15) is 0 Å². The van der Waals surface area contributed by atoms with E-state index in [0.29, 0.717) is 29.5 Å². The fraction of sp³-hybridized carbons (Fsp3) is 0.500. The number of carbonyl (C=O) groups is 1. The molecule has 104 valence electrons. The van der Waals surface area contributed by atoms with Crippen molar-refractivity contribution in [3.05, 3.63) is 23.8 Å². The van der Waals surface area contributed by atoms with E-state index in [1.54, 1.807) is 25.3 Å². The summed E-state index contributed by atoms with van der Waals surface area (Å²) in [4.78, 5) is 12.2. The Bertz CT molecular complexity index is 472. The minimum Gasteiger partial charge on any atom is -0.493 e. The molecule has 1 amide bonds. The summed E-state index contributed by atoms with van der Waals surface area (Å²) in [5.74, 6) is 1.43. The molecular weight excluding hydrogens is 266 g/mol. The summed E-state index contributed by atoms with van der Waals surface area (Å²) in [5.41, 5.74) is 0.579. The number of alkyl halides is 1. The predicted octanol–water partition coefficient (Wildman–Crippen LogP) is 2.45. The van der Waals surface area contributed by atoms with Crippen molar-refractivity contribution in [1.82, 2.24) is 5.32 Å². The molecule has 0 bridgehead atoms. The summed E-state index contributed by atoms with van der Waals surface area (Å²) in [6, 6.07) is 5.25.